The highest BCUT2D eigenvalue weighted by molar-refractivity contribution is 5.98. The maximum atomic E-state index is 13.7. The monoisotopic (exact) mass is 536 g/mol. The van der Waals surface area contributed by atoms with E-state index in [2.05, 4.69) is 77.4 Å². The molecule has 40 heavy (non-hydrogen) atoms. The second-order valence-corrected chi connectivity index (χ2v) is 10.7. The van der Waals surface area contributed by atoms with E-state index in [1.54, 1.807) is 23.5 Å². The van der Waals surface area contributed by atoms with Gasteiger partial charge in [-0.2, -0.15) is 0 Å². The summed E-state index contributed by atoms with van der Waals surface area (Å²) in [5.74, 6) is 0.158. The first-order valence-corrected chi connectivity index (χ1v) is 13.7. The van der Waals surface area contributed by atoms with Crippen molar-refractivity contribution in [2.24, 2.45) is 5.92 Å². The van der Waals surface area contributed by atoms with Gasteiger partial charge in [0.2, 0.25) is 5.88 Å². The minimum absolute atomic E-state index is 0.0220. The molecule has 0 radical (unpaired) electrons. The predicted molar refractivity (Wildman–Crippen MR) is 157 cm³/mol. The Balaban J connectivity index is 1.37. The van der Waals surface area contributed by atoms with E-state index in [9.17, 15) is 9.90 Å². The van der Waals surface area contributed by atoms with Crippen LogP contribution in [-0.2, 0) is 6.54 Å². The number of aromatic nitrogens is 2. The molecule has 3 heterocycles. The van der Waals surface area contributed by atoms with E-state index in [0.29, 0.717) is 24.5 Å². The van der Waals surface area contributed by atoms with E-state index in [1.165, 1.54) is 16.7 Å². The topological polar surface area (TPSA) is 78.8 Å². The Morgan fingerprint density at radius 3 is 2.42 bits per heavy atom. The number of carbonyl (C=O) groups excluding carboxylic acids is 1. The maximum absolute atomic E-state index is 13.7. The van der Waals surface area contributed by atoms with Gasteiger partial charge in [0, 0.05) is 55.3 Å². The van der Waals surface area contributed by atoms with Crippen LogP contribution in [0.5, 0.6) is 5.88 Å². The smallest absolute Gasteiger partial charge is 0.259 e. The summed E-state index contributed by atoms with van der Waals surface area (Å²) >= 11 is 0. The summed E-state index contributed by atoms with van der Waals surface area (Å²) in [6.45, 7) is 5.73. The summed E-state index contributed by atoms with van der Waals surface area (Å²) in [5, 5.41) is 9.94. The van der Waals surface area contributed by atoms with Crippen LogP contribution < -0.4 is 4.74 Å². The number of pyridine rings is 2. The van der Waals surface area contributed by atoms with E-state index in [4.69, 9.17) is 4.74 Å². The SMILES string of the molecule is C[C@@H]1CN([C@H](C)CO)C(=O)c2cc(-c3cccnc3)cnc2O[C@H]1CN(C)Cc1ccc(-c2ccccc2)cc1. The molecule has 0 bridgehead atoms. The van der Waals surface area contributed by atoms with Crippen LogP contribution >= 0.6 is 0 Å². The molecule has 206 valence electrons. The molecular formula is C33H36N4O3. The third kappa shape index (κ3) is 6.22. The Bertz CT molecular complexity index is 1410. The second-order valence-electron chi connectivity index (χ2n) is 10.7. The first kappa shape index (κ1) is 27.5. The Morgan fingerprint density at radius 1 is 1.00 bits per heavy atom. The lowest BCUT2D eigenvalue weighted by Crippen LogP contribution is -2.49. The minimum atomic E-state index is -0.329. The van der Waals surface area contributed by atoms with Gasteiger partial charge in [-0.15, -0.1) is 0 Å². The Morgan fingerprint density at radius 2 is 1.73 bits per heavy atom. The first-order chi connectivity index (χ1) is 19.4. The number of hydrogen-bond donors (Lipinski definition) is 1. The second kappa shape index (κ2) is 12.4. The number of fused-ring (bicyclic) bond motifs is 1. The summed E-state index contributed by atoms with van der Waals surface area (Å²) < 4.78 is 6.48. The number of amides is 1. The highest BCUT2D eigenvalue weighted by atomic mass is 16.5. The largest absolute Gasteiger partial charge is 0.472 e. The highest BCUT2D eigenvalue weighted by Gasteiger charge is 2.34. The zero-order valence-electron chi connectivity index (χ0n) is 23.3. The van der Waals surface area contributed by atoms with Gasteiger partial charge >= 0.3 is 0 Å². The van der Waals surface area contributed by atoms with Crippen LogP contribution in [0.2, 0.25) is 0 Å². The highest BCUT2D eigenvalue weighted by Crippen LogP contribution is 2.30. The normalized spacial score (nSPS) is 18.0. The van der Waals surface area contributed by atoms with Gasteiger partial charge in [-0.3, -0.25) is 14.7 Å². The van der Waals surface area contributed by atoms with Crippen LogP contribution in [0.15, 0.2) is 91.4 Å². The van der Waals surface area contributed by atoms with Crippen molar-refractivity contribution in [1.29, 1.82) is 0 Å². The van der Waals surface area contributed by atoms with Gasteiger partial charge in [0.05, 0.1) is 12.6 Å². The number of likely N-dealkylation sites (N-methyl/N-ethyl adjacent to an activating group) is 1. The van der Waals surface area contributed by atoms with Gasteiger partial charge in [-0.05, 0) is 42.8 Å². The van der Waals surface area contributed by atoms with Crippen molar-refractivity contribution in [1.82, 2.24) is 19.8 Å². The molecule has 5 rings (SSSR count). The molecule has 0 saturated carbocycles. The van der Waals surface area contributed by atoms with E-state index < -0.39 is 0 Å². The number of benzene rings is 2. The number of hydrogen-bond acceptors (Lipinski definition) is 6. The Hall–Kier alpha value is -4.07. The summed E-state index contributed by atoms with van der Waals surface area (Å²) in [5.41, 5.74) is 5.68. The number of nitrogens with zero attached hydrogens (tertiary/aromatic N) is 4. The van der Waals surface area contributed by atoms with Crippen LogP contribution in [0, 0.1) is 5.92 Å². The van der Waals surface area contributed by atoms with Crippen LogP contribution in [0.4, 0.5) is 0 Å². The van der Waals surface area contributed by atoms with Crippen LogP contribution in [0.3, 0.4) is 0 Å². The van der Waals surface area contributed by atoms with Crippen molar-refractivity contribution in [3.63, 3.8) is 0 Å². The molecule has 0 spiro atoms. The molecule has 7 nitrogen and oxygen atoms in total. The zero-order valence-corrected chi connectivity index (χ0v) is 23.3. The van der Waals surface area contributed by atoms with Crippen molar-refractivity contribution in [2.75, 3.05) is 26.7 Å². The van der Waals surface area contributed by atoms with Gasteiger partial charge in [-0.1, -0.05) is 67.6 Å². The van der Waals surface area contributed by atoms with Gasteiger partial charge in [-0.25, -0.2) is 4.98 Å². The summed E-state index contributed by atoms with van der Waals surface area (Å²) in [6, 6.07) is 24.3. The maximum Gasteiger partial charge on any atom is 0.259 e. The number of aliphatic hydroxyl groups excluding tert-OH is 1. The summed E-state index contributed by atoms with van der Waals surface area (Å²) in [4.78, 5) is 26.5. The number of rotatable bonds is 8. The lowest BCUT2D eigenvalue weighted by atomic mass is 9.99. The Labute approximate surface area is 236 Å². The zero-order chi connectivity index (χ0) is 28.1. The molecule has 1 aliphatic rings. The quantitative estimate of drug-likeness (QED) is 0.335. The minimum Gasteiger partial charge on any atom is -0.472 e. The molecule has 0 aliphatic carbocycles. The van der Waals surface area contributed by atoms with Crippen LogP contribution in [-0.4, -0.2) is 69.7 Å². The average molecular weight is 537 g/mol. The molecule has 0 unspecified atom stereocenters. The summed E-state index contributed by atoms with van der Waals surface area (Å²) in [7, 11) is 2.08. The third-order valence-electron chi connectivity index (χ3n) is 7.52. The standard InChI is InChI=1S/C33H36N4O3/c1-23-19-37(24(2)22-38)33(39)30-16-29(28-10-7-15-34-17-28)18-35-32(30)40-31(23)21-36(3)20-25-11-13-27(14-12-25)26-8-5-4-6-9-26/h4-18,23-24,31,38H,19-22H2,1-3H3/t23-,24-,31+/m1/s1. The van der Waals surface area contributed by atoms with Crippen molar-refractivity contribution >= 4 is 5.91 Å². The van der Waals surface area contributed by atoms with E-state index >= 15 is 0 Å². The van der Waals surface area contributed by atoms with Gasteiger partial charge in [0.1, 0.15) is 11.7 Å². The van der Waals surface area contributed by atoms with Gasteiger partial charge in [0.25, 0.3) is 5.91 Å². The molecule has 0 fully saturated rings. The fraction of sp³-hybridized carbons (Fsp3) is 0.303. The van der Waals surface area contributed by atoms with E-state index in [1.807, 2.05) is 31.2 Å². The third-order valence-corrected chi connectivity index (χ3v) is 7.52. The molecule has 1 N–H and O–H groups in total. The number of ether oxygens (including phenoxy) is 1. The molecule has 1 aliphatic heterocycles. The summed E-state index contributed by atoms with van der Waals surface area (Å²) in [6.07, 6.45) is 4.98. The van der Waals surface area contributed by atoms with E-state index in [-0.39, 0.29) is 30.6 Å². The number of aliphatic hydroxyl groups is 1. The number of carbonyl (C=O) groups is 1. The lowest BCUT2D eigenvalue weighted by molar-refractivity contribution is 0.0325. The molecule has 2 aromatic carbocycles. The van der Waals surface area contributed by atoms with Crippen molar-refractivity contribution < 1.29 is 14.6 Å². The van der Waals surface area contributed by atoms with Crippen LogP contribution in [0.25, 0.3) is 22.3 Å². The first-order valence-electron chi connectivity index (χ1n) is 13.7. The van der Waals surface area contributed by atoms with E-state index in [0.717, 1.165) is 17.7 Å². The molecule has 2 aromatic heterocycles. The van der Waals surface area contributed by atoms with Crippen molar-refractivity contribution in [2.45, 2.75) is 32.5 Å². The molecular weight excluding hydrogens is 500 g/mol. The molecule has 0 saturated heterocycles. The van der Waals surface area contributed by atoms with Crippen LogP contribution in [0.1, 0.15) is 29.8 Å². The Kier molecular flexibility index (Phi) is 8.53. The predicted octanol–water partition coefficient (Wildman–Crippen LogP) is 5.16. The van der Waals surface area contributed by atoms with Gasteiger partial charge < -0.3 is 14.7 Å². The lowest BCUT2D eigenvalue weighted by Gasteiger charge is -2.37. The molecule has 1 amide bonds. The average Bonchev–Trinajstić information content (AvgIpc) is 2.99. The molecule has 4 aromatic rings. The molecule has 7 heteroatoms. The molecule has 3 atom stereocenters. The van der Waals surface area contributed by atoms with Gasteiger partial charge in [0.15, 0.2) is 0 Å². The fourth-order valence-corrected chi connectivity index (χ4v) is 5.13. The van der Waals surface area contributed by atoms with Crippen molar-refractivity contribution in [3.05, 3.63) is 103 Å². The fourth-order valence-electron chi connectivity index (χ4n) is 5.13. The van der Waals surface area contributed by atoms with Crippen molar-refractivity contribution in [3.8, 4) is 28.1 Å².